The van der Waals surface area contributed by atoms with Gasteiger partial charge in [0, 0.05) is 30.9 Å². The zero-order chi connectivity index (χ0) is 13.8. The van der Waals surface area contributed by atoms with Gasteiger partial charge in [0.25, 0.3) is 0 Å². The summed E-state index contributed by atoms with van der Waals surface area (Å²) in [6, 6.07) is 10.3. The standard InChI is InChI=1S/C17H21NO/c1-13(2)16-9-17(14(3)19)12-18(11-16)10-15-7-5-4-6-8-15/h4-8,11-13H,9-10H2,1-3H3. The molecule has 0 atom stereocenters. The molecule has 0 amide bonds. The van der Waals surface area contributed by atoms with E-state index in [1.165, 1.54) is 11.1 Å². The highest BCUT2D eigenvalue weighted by atomic mass is 16.1. The van der Waals surface area contributed by atoms with Crippen molar-refractivity contribution in [2.24, 2.45) is 5.92 Å². The Morgan fingerprint density at radius 3 is 2.47 bits per heavy atom. The van der Waals surface area contributed by atoms with Crippen LogP contribution in [0, 0.1) is 5.92 Å². The Kier molecular flexibility index (Phi) is 4.20. The summed E-state index contributed by atoms with van der Waals surface area (Å²) in [4.78, 5) is 13.8. The van der Waals surface area contributed by atoms with Gasteiger partial charge in [-0.3, -0.25) is 4.79 Å². The molecule has 2 heteroatoms. The van der Waals surface area contributed by atoms with Crippen molar-refractivity contribution < 1.29 is 4.79 Å². The van der Waals surface area contributed by atoms with E-state index in [1.807, 2.05) is 24.4 Å². The number of rotatable bonds is 4. The van der Waals surface area contributed by atoms with Gasteiger partial charge in [-0.25, -0.2) is 0 Å². The fourth-order valence-electron chi connectivity index (χ4n) is 2.22. The summed E-state index contributed by atoms with van der Waals surface area (Å²) in [5.41, 5.74) is 3.48. The second-order valence-corrected chi connectivity index (χ2v) is 5.40. The minimum absolute atomic E-state index is 0.171. The Hall–Kier alpha value is -1.83. The van der Waals surface area contributed by atoms with Crippen LogP contribution >= 0.6 is 0 Å². The van der Waals surface area contributed by atoms with Gasteiger partial charge in [-0.15, -0.1) is 0 Å². The van der Waals surface area contributed by atoms with E-state index < -0.39 is 0 Å². The number of Topliss-reactive ketones (excluding diaryl/α,β-unsaturated/α-hetero) is 1. The lowest BCUT2D eigenvalue weighted by Gasteiger charge is -2.26. The Morgan fingerprint density at radius 1 is 1.21 bits per heavy atom. The molecule has 0 N–H and O–H groups in total. The lowest BCUT2D eigenvalue weighted by molar-refractivity contribution is -0.113. The molecule has 0 aliphatic carbocycles. The summed E-state index contributed by atoms with van der Waals surface area (Å²) in [5, 5.41) is 0. The second kappa shape index (κ2) is 5.87. The molecule has 1 aliphatic rings. The first-order valence-electron chi connectivity index (χ1n) is 6.78. The number of carbonyl (C=O) groups excluding carboxylic acids is 1. The van der Waals surface area contributed by atoms with E-state index in [0.717, 1.165) is 18.5 Å². The van der Waals surface area contributed by atoms with Crippen LogP contribution in [0.15, 0.2) is 53.9 Å². The highest BCUT2D eigenvalue weighted by Gasteiger charge is 2.17. The summed E-state index contributed by atoms with van der Waals surface area (Å²) >= 11 is 0. The van der Waals surface area contributed by atoms with E-state index in [4.69, 9.17) is 0 Å². The molecule has 2 rings (SSSR count). The molecule has 1 heterocycles. The van der Waals surface area contributed by atoms with E-state index in [2.05, 4.69) is 37.1 Å². The van der Waals surface area contributed by atoms with Crippen LogP contribution in [0.2, 0.25) is 0 Å². The normalized spacial score (nSPS) is 15.3. The van der Waals surface area contributed by atoms with Crippen LogP contribution in [0.5, 0.6) is 0 Å². The predicted molar refractivity (Wildman–Crippen MR) is 78.3 cm³/mol. The fraction of sp³-hybridized carbons (Fsp3) is 0.353. The van der Waals surface area contributed by atoms with Gasteiger partial charge >= 0.3 is 0 Å². The topological polar surface area (TPSA) is 20.3 Å². The van der Waals surface area contributed by atoms with E-state index in [-0.39, 0.29) is 5.78 Å². The summed E-state index contributed by atoms with van der Waals surface area (Å²) in [5.74, 6) is 0.644. The maximum atomic E-state index is 11.6. The van der Waals surface area contributed by atoms with Crippen molar-refractivity contribution in [3.63, 3.8) is 0 Å². The third-order valence-electron chi connectivity index (χ3n) is 3.45. The number of hydrogen-bond acceptors (Lipinski definition) is 2. The lowest BCUT2D eigenvalue weighted by atomic mass is 9.93. The smallest absolute Gasteiger partial charge is 0.157 e. The van der Waals surface area contributed by atoms with Gasteiger partial charge in [0.2, 0.25) is 0 Å². The molecule has 0 radical (unpaired) electrons. The van der Waals surface area contributed by atoms with Gasteiger partial charge in [-0.05, 0) is 24.0 Å². The molecule has 1 aromatic rings. The molecule has 0 unspecified atom stereocenters. The summed E-state index contributed by atoms with van der Waals surface area (Å²) in [7, 11) is 0. The first-order valence-corrected chi connectivity index (χ1v) is 6.78. The maximum Gasteiger partial charge on any atom is 0.157 e. The van der Waals surface area contributed by atoms with Gasteiger partial charge in [-0.1, -0.05) is 44.2 Å². The van der Waals surface area contributed by atoms with Crippen LogP contribution in [0.4, 0.5) is 0 Å². The van der Waals surface area contributed by atoms with Crippen LogP contribution in [0.1, 0.15) is 32.8 Å². The Morgan fingerprint density at radius 2 is 1.89 bits per heavy atom. The molecule has 0 saturated carbocycles. The van der Waals surface area contributed by atoms with Crippen LogP contribution in [-0.2, 0) is 11.3 Å². The van der Waals surface area contributed by atoms with E-state index >= 15 is 0 Å². The number of hydrogen-bond donors (Lipinski definition) is 0. The van der Waals surface area contributed by atoms with E-state index in [0.29, 0.717) is 5.92 Å². The largest absolute Gasteiger partial charge is 0.350 e. The van der Waals surface area contributed by atoms with Crippen LogP contribution in [0.3, 0.4) is 0 Å². The molecule has 19 heavy (non-hydrogen) atoms. The number of allylic oxidation sites excluding steroid dienone is 2. The Bertz CT molecular complexity index is 511. The lowest BCUT2D eigenvalue weighted by Crippen LogP contribution is -2.19. The van der Waals surface area contributed by atoms with E-state index in [9.17, 15) is 4.79 Å². The maximum absolute atomic E-state index is 11.6. The SMILES string of the molecule is CC(=O)C1=CN(Cc2ccccc2)C=C(C(C)C)C1. The highest BCUT2D eigenvalue weighted by molar-refractivity contribution is 5.93. The van der Waals surface area contributed by atoms with Crippen molar-refractivity contribution in [1.29, 1.82) is 0 Å². The zero-order valence-electron chi connectivity index (χ0n) is 11.9. The first kappa shape index (κ1) is 13.6. The Balaban J connectivity index is 2.21. The van der Waals surface area contributed by atoms with Gasteiger partial charge in [0.05, 0.1) is 0 Å². The zero-order valence-corrected chi connectivity index (χ0v) is 11.9. The number of carbonyl (C=O) groups is 1. The van der Waals surface area contributed by atoms with Crippen molar-refractivity contribution in [1.82, 2.24) is 4.90 Å². The van der Waals surface area contributed by atoms with Crippen molar-refractivity contribution in [2.75, 3.05) is 0 Å². The molecule has 0 fully saturated rings. The molecule has 1 aromatic carbocycles. The number of benzene rings is 1. The molecule has 100 valence electrons. The van der Waals surface area contributed by atoms with Gasteiger partial charge in [-0.2, -0.15) is 0 Å². The van der Waals surface area contributed by atoms with Gasteiger partial charge in [0.1, 0.15) is 0 Å². The molecule has 1 aliphatic heterocycles. The van der Waals surface area contributed by atoms with Crippen molar-refractivity contribution in [3.8, 4) is 0 Å². The second-order valence-electron chi connectivity index (χ2n) is 5.40. The summed E-state index contributed by atoms with van der Waals surface area (Å²) in [6.07, 6.45) is 4.96. The average Bonchev–Trinajstić information content (AvgIpc) is 2.39. The Labute approximate surface area is 115 Å². The minimum Gasteiger partial charge on any atom is -0.350 e. The average molecular weight is 255 g/mol. The molecular formula is C17H21NO. The molecule has 0 aromatic heterocycles. The van der Waals surface area contributed by atoms with E-state index in [1.54, 1.807) is 6.92 Å². The van der Waals surface area contributed by atoms with Crippen LogP contribution in [-0.4, -0.2) is 10.7 Å². The molecule has 0 spiro atoms. The number of nitrogens with zero attached hydrogens (tertiary/aromatic N) is 1. The molecule has 0 saturated heterocycles. The molecule has 0 bridgehead atoms. The van der Waals surface area contributed by atoms with Crippen LogP contribution < -0.4 is 0 Å². The van der Waals surface area contributed by atoms with Gasteiger partial charge < -0.3 is 4.90 Å². The molecule has 2 nitrogen and oxygen atoms in total. The van der Waals surface area contributed by atoms with Crippen LogP contribution in [0.25, 0.3) is 0 Å². The third-order valence-corrected chi connectivity index (χ3v) is 3.45. The quantitative estimate of drug-likeness (QED) is 0.813. The fourth-order valence-corrected chi connectivity index (χ4v) is 2.22. The van der Waals surface area contributed by atoms with Crippen molar-refractivity contribution in [2.45, 2.75) is 33.7 Å². The minimum atomic E-state index is 0.171. The summed E-state index contributed by atoms with van der Waals surface area (Å²) in [6.45, 7) is 6.81. The van der Waals surface area contributed by atoms with Crippen molar-refractivity contribution in [3.05, 3.63) is 59.4 Å². The summed E-state index contributed by atoms with van der Waals surface area (Å²) < 4.78 is 0. The highest BCUT2D eigenvalue weighted by Crippen LogP contribution is 2.26. The predicted octanol–water partition coefficient (Wildman–Crippen LogP) is 3.91. The first-order chi connectivity index (χ1) is 9.06. The molecular weight excluding hydrogens is 234 g/mol. The third kappa shape index (κ3) is 3.57. The number of ketones is 1. The monoisotopic (exact) mass is 255 g/mol. The van der Waals surface area contributed by atoms with Crippen molar-refractivity contribution >= 4 is 5.78 Å². The van der Waals surface area contributed by atoms with Gasteiger partial charge in [0.15, 0.2) is 5.78 Å².